The first kappa shape index (κ1) is 24.8. The number of esters is 1. The molecule has 4 aromatic carbocycles. The summed E-state index contributed by atoms with van der Waals surface area (Å²) in [7, 11) is 1.60. The Morgan fingerprint density at radius 3 is 2.26 bits per heavy atom. The zero-order valence-electron chi connectivity index (χ0n) is 20.8. The van der Waals surface area contributed by atoms with Crippen LogP contribution >= 0.6 is 0 Å². The molecule has 1 aliphatic heterocycles. The van der Waals surface area contributed by atoms with Crippen LogP contribution in [0.25, 0.3) is 10.8 Å². The molecule has 4 aromatic rings. The van der Waals surface area contributed by atoms with E-state index in [4.69, 9.17) is 14.2 Å². The molecule has 0 spiro atoms. The van der Waals surface area contributed by atoms with Crippen LogP contribution in [0.15, 0.2) is 91.0 Å². The topological polar surface area (TPSA) is 94.2 Å². The maximum Gasteiger partial charge on any atom is 0.311 e. The Bertz CT molecular complexity index is 1460. The van der Waals surface area contributed by atoms with Gasteiger partial charge in [0.15, 0.2) is 6.61 Å². The number of nitrogens with zero attached hydrogens (tertiary/aromatic N) is 1. The molecule has 1 atom stereocenters. The lowest BCUT2D eigenvalue weighted by atomic mass is 10.1. The minimum atomic E-state index is -0.650. The van der Waals surface area contributed by atoms with Crippen molar-refractivity contribution in [2.45, 2.75) is 6.42 Å². The molecule has 192 valence electrons. The second kappa shape index (κ2) is 11.0. The number of rotatable bonds is 8. The van der Waals surface area contributed by atoms with Crippen molar-refractivity contribution >= 4 is 39.9 Å². The van der Waals surface area contributed by atoms with E-state index in [9.17, 15) is 14.4 Å². The maximum absolute atomic E-state index is 12.6. The first-order valence-electron chi connectivity index (χ1n) is 12.2. The normalized spacial score (nSPS) is 14.8. The van der Waals surface area contributed by atoms with Gasteiger partial charge in [-0.15, -0.1) is 0 Å². The number of amides is 2. The Morgan fingerprint density at radius 2 is 1.53 bits per heavy atom. The quantitative estimate of drug-likeness (QED) is 0.329. The van der Waals surface area contributed by atoms with Crippen LogP contribution in [0.4, 0.5) is 11.4 Å². The Kier molecular flexibility index (Phi) is 7.21. The molecule has 8 heteroatoms. The van der Waals surface area contributed by atoms with E-state index >= 15 is 0 Å². The summed E-state index contributed by atoms with van der Waals surface area (Å²) in [5.41, 5.74) is 1.30. The maximum atomic E-state index is 12.6. The molecule has 0 aromatic heterocycles. The molecule has 1 heterocycles. The predicted molar refractivity (Wildman–Crippen MR) is 144 cm³/mol. The van der Waals surface area contributed by atoms with Gasteiger partial charge in [0.05, 0.1) is 13.0 Å². The van der Waals surface area contributed by atoms with Crippen molar-refractivity contribution in [2.24, 2.45) is 5.92 Å². The summed E-state index contributed by atoms with van der Waals surface area (Å²) in [6.45, 7) is -0.245. The highest BCUT2D eigenvalue weighted by Gasteiger charge is 2.36. The van der Waals surface area contributed by atoms with E-state index in [-0.39, 0.29) is 18.9 Å². The van der Waals surface area contributed by atoms with Gasteiger partial charge in [-0.05, 0) is 60.0 Å². The number of carbonyl (C=O) groups excluding carboxylic acids is 3. The number of hydrogen-bond donors (Lipinski definition) is 1. The van der Waals surface area contributed by atoms with Gasteiger partial charge in [0.25, 0.3) is 5.91 Å². The molecule has 0 radical (unpaired) electrons. The summed E-state index contributed by atoms with van der Waals surface area (Å²) in [6, 6.07) is 27.5. The molecular formula is C30H26N2O6. The zero-order chi connectivity index (χ0) is 26.5. The van der Waals surface area contributed by atoms with Crippen LogP contribution in [0, 0.1) is 5.92 Å². The lowest BCUT2D eigenvalue weighted by Crippen LogP contribution is -2.28. The van der Waals surface area contributed by atoms with Gasteiger partial charge in [0.2, 0.25) is 5.91 Å². The molecule has 1 aliphatic rings. The number of methoxy groups -OCH3 is 1. The summed E-state index contributed by atoms with van der Waals surface area (Å²) in [6.07, 6.45) is 0.0217. The second-order valence-electron chi connectivity index (χ2n) is 8.86. The minimum absolute atomic E-state index is 0.0217. The number of carbonyl (C=O) groups is 3. The van der Waals surface area contributed by atoms with Gasteiger partial charge in [0.1, 0.15) is 17.2 Å². The third-order valence-electron chi connectivity index (χ3n) is 6.31. The smallest absolute Gasteiger partial charge is 0.311 e. The Balaban J connectivity index is 1.14. The van der Waals surface area contributed by atoms with Gasteiger partial charge in [-0.1, -0.05) is 36.4 Å². The highest BCUT2D eigenvalue weighted by Crippen LogP contribution is 2.30. The fraction of sp³-hybridized carbons (Fsp3) is 0.167. The average Bonchev–Trinajstić information content (AvgIpc) is 3.34. The molecule has 0 unspecified atom stereocenters. The number of ether oxygens (including phenoxy) is 3. The molecule has 8 nitrogen and oxygen atoms in total. The Morgan fingerprint density at radius 1 is 0.868 bits per heavy atom. The van der Waals surface area contributed by atoms with Crippen LogP contribution in [0.1, 0.15) is 6.42 Å². The lowest BCUT2D eigenvalue weighted by molar-refractivity contribution is -0.151. The number of benzene rings is 4. The van der Waals surface area contributed by atoms with Crippen molar-refractivity contribution in [3.63, 3.8) is 0 Å². The summed E-state index contributed by atoms with van der Waals surface area (Å²) >= 11 is 0. The monoisotopic (exact) mass is 510 g/mol. The average molecular weight is 511 g/mol. The van der Waals surface area contributed by atoms with Crippen LogP contribution in [-0.4, -0.2) is 38.0 Å². The summed E-state index contributed by atoms with van der Waals surface area (Å²) in [4.78, 5) is 39.2. The van der Waals surface area contributed by atoms with Gasteiger partial charge in [-0.3, -0.25) is 14.4 Å². The fourth-order valence-electron chi connectivity index (χ4n) is 4.36. The molecule has 1 N–H and O–H groups in total. The highest BCUT2D eigenvalue weighted by atomic mass is 16.5. The van der Waals surface area contributed by atoms with E-state index in [0.717, 1.165) is 16.5 Å². The van der Waals surface area contributed by atoms with Crippen LogP contribution in [0.5, 0.6) is 17.2 Å². The SMILES string of the molecule is COc1ccc(Oc2ccc(N3C[C@@H](C(=O)OCC(=O)Nc4cccc5ccccc45)CC3=O)cc2)cc1. The fourth-order valence-corrected chi connectivity index (χ4v) is 4.36. The van der Waals surface area contributed by atoms with E-state index in [1.807, 2.05) is 36.4 Å². The van der Waals surface area contributed by atoms with Crippen molar-refractivity contribution in [2.75, 3.05) is 30.5 Å². The molecule has 0 bridgehead atoms. The minimum Gasteiger partial charge on any atom is -0.497 e. The first-order chi connectivity index (χ1) is 18.5. The molecule has 0 saturated carbocycles. The first-order valence-corrected chi connectivity index (χ1v) is 12.2. The van der Waals surface area contributed by atoms with Crippen LogP contribution < -0.4 is 19.7 Å². The van der Waals surface area contributed by atoms with Gasteiger partial charge in [-0.25, -0.2) is 0 Å². The van der Waals surface area contributed by atoms with Gasteiger partial charge >= 0.3 is 5.97 Å². The molecule has 0 aliphatic carbocycles. The largest absolute Gasteiger partial charge is 0.497 e. The number of hydrogen-bond acceptors (Lipinski definition) is 6. The van der Waals surface area contributed by atoms with E-state index in [2.05, 4.69) is 5.32 Å². The number of anilines is 2. The van der Waals surface area contributed by atoms with Gasteiger partial charge in [-0.2, -0.15) is 0 Å². The van der Waals surface area contributed by atoms with Crippen LogP contribution in [-0.2, 0) is 19.1 Å². The predicted octanol–water partition coefficient (Wildman–Crippen LogP) is 5.18. The summed E-state index contributed by atoms with van der Waals surface area (Å²) in [5, 5.41) is 4.68. The van der Waals surface area contributed by atoms with Crippen molar-refractivity contribution in [1.82, 2.24) is 0 Å². The number of fused-ring (bicyclic) bond motifs is 1. The number of nitrogens with one attached hydrogen (secondary N) is 1. The van der Waals surface area contributed by atoms with Crippen molar-refractivity contribution < 1.29 is 28.6 Å². The van der Waals surface area contributed by atoms with Gasteiger partial charge in [0, 0.05) is 29.7 Å². The van der Waals surface area contributed by atoms with Crippen LogP contribution in [0.3, 0.4) is 0 Å². The third kappa shape index (κ3) is 5.59. The Hall–Kier alpha value is -4.85. The molecule has 38 heavy (non-hydrogen) atoms. The molecular weight excluding hydrogens is 484 g/mol. The molecule has 1 fully saturated rings. The Labute approximate surface area is 219 Å². The highest BCUT2D eigenvalue weighted by molar-refractivity contribution is 6.03. The molecule has 1 saturated heterocycles. The third-order valence-corrected chi connectivity index (χ3v) is 6.31. The molecule has 2 amide bonds. The zero-order valence-corrected chi connectivity index (χ0v) is 20.8. The van der Waals surface area contributed by atoms with E-state index < -0.39 is 24.4 Å². The summed E-state index contributed by atoms with van der Waals surface area (Å²) < 4.78 is 16.2. The standard InChI is InChI=1S/C30H26N2O6/c1-36-23-13-15-25(16-14-23)38-24-11-9-22(10-12-24)32-18-21(17-29(32)34)30(35)37-19-28(33)31-27-8-4-6-20-5-2-3-7-26(20)27/h2-16,21H,17-19H2,1H3,(H,31,33)/t21-/m0/s1. The summed E-state index contributed by atoms with van der Waals surface area (Å²) in [5.74, 6) is 0.149. The van der Waals surface area contributed by atoms with E-state index in [1.165, 1.54) is 0 Å². The second-order valence-corrected chi connectivity index (χ2v) is 8.86. The van der Waals surface area contributed by atoms with Crippen molar-refractivity contribution in [3.05, 3.63) is 91.0 Å². The van der Waals surface area contributed by atoms with Crippen LogP contribution in [0.2, 0.25) is 0 Å². The van der Waals surface area contributed by atoms with Crippen molar-refractivity contribution in [1.29, 1.82) is 0 Å². The van der Waals surface area contributed by atoms with E-state index in [1.54, 1.807) is 66.6 Å². The van der Waals surface area contributed by atoms with Gasteiger partial charge < -0.3 is 24.4 Å². The van der Waals surface area contributed by atoms with E-state index in [0.29, 0.717) is 22.9 Å². The van der Waals surface area contributed by atoms with Crippen molar-refractivity contribution in [3.8, 4) is 17.2 Å². The lowest BCUT2D eigenvalue weighted by Gasteiger charge is -2.17. The molecule has 5 rings (SSSR count).